The highest BCUT2D eigenvalue weighted by atomic mass is 79.9. The molecule has 0 bridgehead atoms. The average molecular weight is 318 g/mol. The van der Waals surface area contributed by atoms with Crippen molar-refractivity contribution in [2.24, 2.45) is 5.92 Å². The molecule has 0 unspecified atom stereocenters. The number of rotatable bonds is 5. The number of methoxy groups -OCH3 is 1. The quantitative estimate of drug-likeness (QED) is 0.849. The van der Waals surface area contributed by atoms with Crippen LogP contribution in [-0.2, 0) is 16.1 Å². The molecule has 5 heteroatoms. The minimum absolute atomic E-state index is 0.0796. The van der Waals surface area contributed by atoms with Crippen molar-refractivity contribution in [2.45, 2.75) is 26.4 Å². The maximum Gasteiger partial charge on any atom is 0.323 e. The topological polar surface area (TPSA) is 38.3 Å². The maximum absolute atomic E-state index is 13.6. The third-order valence-electron chi connectivity index (χ3n) is 2.65. The number of carbonyl (C=O) groups excluding carboxylic acids is 1. The molecule has 0 radical (unpaired) electrons. The van der Waals surface area contributed by atoms with Crippen molar-refractivity contribution in [3.63, 3.8) is 0 Å². The van der Waals surface area contributed by atoms with Gasteiger partial charge in [-0.25, -0.2) is 4.39 Å². The normalized spacial score (nSPS) is 12.6. The van der Waals surface area contributed by atoms with Crippen molar-refractivity contribution in [2.75, 3.05) is 7.11 Å². The first-order valence-corrected chi connectivity index (χ1v) is 6.50. The zero-order valence-electron chi connectivity index (χ0n) is 10.7. The van der Waals surface area contributed by atoms with Crippen LogP contribution >= 0.6 is 15.9 Å². The lowest BCUT2D eigenvalue weighted by Crippen LogP contribution is -2.41. The second kappa shape index (κ2) is 6.85. The van der Waals surface area contributed by atoms with Crippen molar-refractivity contribution in [1.82, 2.24) is 5.32 Å². The number of hydrogen-bond donors (Lipinski definition) is 1. The summed E-state index contributed by atoms with van der Waals surface area (Å²) in [7, 11) is 1.35. The summed E-state index contributed by atoms with van der Waals surface area (Å²) in [6.45, 7) is 4.11. The Hall–Kier alpha value is -0.940. The molecule has 100 valence electrons. The monoisotopic (exact) mass is 317 g/mol. The summed E-state index contributed by atoms with van der Waals surface area (Å²) >= 11 is 3.20. The van der Waals surface area contributed by atoms with E-state index in [0.29, 0.717) is 10.0 Å². The van der Waals surface area contributed by atoms with Crippen LogP contribution in [0.25, 0.3) is 0 Å². The van der Waals surface area contributed by atoms with Crippen LogP contribution in [0.1, 0.15) is 19.4 Å². The highest BCUT2D eigenvalue weighted by Gasteiger charge is 2.22. The number of hydrogen-bond acceptors (Lipinski definition) is 3. The van der Waals surface area contributed by atoms with Gasteiger partial charge in [0.05, 0.1) is 7.11 Å². The zero-order valence-corrected chi connectivity index (χ0v) is 12.3. The molecule has 1 N–H and O–H groups in total. The Labute approximate surface area is 115 Å². The van der Waals surface area contributed by atoms with Crippen LogP contribution in [0.4, 0.5) is 4.39 Å². The second-order valence-corrected chi connectivity index (χ2v) is 5.28. The van der Waals surface area contributed by atoms with Gasteiger partial charge in [0.1, 0.15) is 11.9 Å². The summed E-state index contributed by atoms with van der Waals surface area (Å²) < 4.78 is 19.0. The van der Waals surface area contributed by atoms with Gasteiger partial charge in [0.2, 0.25) is 0 Å². The van der Waals surface area contributed by atoms with Gasteiger partial charge in [0.25, 0.3) is 0 Å². The molecule has 1 aromatic rings. The maximum atomic E-state index is 13.6. The number of ether oxygens (including phenoxy) is 1. The summed E-state index contributed by atoms with van der Waals surface area (Å²) in [5.74, 6) is -0.553. The fourth-order valence-corrected chi connectivity index (χ4v) is 1.94. The molecule has 0 aliphatic carbocycles. The van der Waals surface area contributed by atoms with Crippen LogP contribution in [0.3, 0.4) is 0 Å². The number of esters is 1. The predicted molar refractivity (Wildman–Crippen MR) is 71.6 cm³/mol. The number of benzene rings is 1. The first-order chi connectivity index (χ1) is 8.45. The van der Waals surface area contributed by atoms with Crippen molar-refractivity contribution < 1.29 is 13.9 Å². The molecule has 1 atom stereocenters. The summed E-state index contributed by atoms with van der Waals surface area (Å²) in [5, 5.41) is 3.02. The fraction of sp³-hybridized carbons (Fsp3) is 0.462. The molecule has 3 nitrogen and oxygen atoms in total. The van der Waals surface area contributed by atoms with Crippen LogP contribution in [0.2, 0.25) is 0 Å². The van der Waals surface area contributed by atoms with E-state index in [2.05, 4.69) is 21.2 Å². The van der Waals surface area contributed by atoms with Crippen LogP contribution < -0.4 is 5.32 Å². The average Bonchev–Trinajstić information content (AvgIpc) is 2.31. The Kier molecular flexibility index (Phi) is 5.75. The Bertz CT molecular complexity index is 423. The molecule has 0 amide bonds. The minimum atomic E-state index is -0.432. The lowest BCUT2D eigenvalue weighted by molar-refractivity contribution is -0.144. The Morgan fingerprint density at radius 1 is 1.50 bits per heavy atom. The largest absolute Gasteiger partial charge is 0.468 e. The number of carbonyl (C=O) groups is 1. The molecule has 1 aromatic carbocycles. The van der Waals surface area contributed by atoms with E-state index in [9.17, 15) is 9.18 Å². The van der Waals surface area contributed by atoms with Crippen LogP contribution in [0, 0.1) is 11.7 Å². The molecule has 0 spiro atoms. The van der Waals surface area contributed by atoms with Crippen molar-refractivity contribution >= 4 is 21.9 Å². The Morgan fingerprint density at radius 3 is 2.67 bits per heavy atom. The molecular formula is C13H17BrFNO2. The molecule has 0 aliphatic heterocycles. The summed E-state index contributed by atoms with van der Waals surface area (Å²) in [4.78, 5) is 11.5. The molecule has 18 heavy (non-hydrogen) atoms. The second-order valence-electron chi connectivity index (χ2n) is 4.36. The third kappa shape index (κ3) is 4.07. The minimum Gasteiger partial charge on any atom is -0.468 e. The van der Waals surface area contributed by atoms with Crippen molar-refractivity contribution in [1.29, 1.82) is 0 Å². The van der Waals surface area contributed by atoms with E-state index in [1.807, 2.05) is 13.8 Å². The van der Waals surface area contributed by atoms with Gasteiger partial charge >= 0.3 is 5.97 Å². The van der Waals surface area contributed by atoms with Gasteiger partial charge < -0.3 is 4.74 Å². The van der Waals surface area contributed by atoms with E-state index < -0.39 is 6.04 Å². The van der Waals surface area contributed by atoms with Gasteiger partial charge in [0, 0.05) is 16.6 Å². The van der Waals surface area contributed by atoms with Crippen molar-refractivity contribution in [3.05, 3.63) is 34.1 Å². The molecule has 0 saturated heterocycles. The summed E-state index contributed by atoms with van der Waals surface area (Å²) in [6.07, 6.45) is 0. The van der Waals surface area contributed by atoms with Gasteiger partial charge in [0.15, 0.2) is 0 Å². The van der Waals surface area contributed by atoms with E-state index in [1.165, 1.54) is 13.2 Å². The lowest BCUT2D eigenvalue weighted by atomic mass is 10.0. The van der Waals surface area contributed by atoms with E-state index >= 15 is 0 Å². The van der Waals surface area contributed by atoms with E-state index in [0.717, 1.165) is 0 Å². The number of nitrogens with one attached hydrogen (secondary N) is 1. The van der Waals surface area contributed by atoms with Gasteiger partial charge in [-0.15, -0.1) is 0 Å². The third-order valence-corrected chi connectivity index (χ3v) is 3.14. The van der Waals surface area contributed by atoms with Gasteiger partial charge in [-0.3, -0.25) is 10.1 Å². The fourth-order valence-electron chi connectivity index (χ4n) is 1.60. The molecular weight excluding hydrogens is 301 g/mol. The van der Waals surface area contributed by atoms with Crippen molar-refractivity contribution in [3.8, 4) is 0 Å². The first kappa shape index (κ1) is 15.1. The molecule has 0 fully saturated rings. The molecule has 0 saturated carbocycles. The molecule has 0 aromatic heterocycles. The van der Waals surface area contributed by atoms with E-state index in [-0.39, 0.29) is 24.2 Å². The molecule has 0 aliphatic rings. The highest BCUT2D eigenvalue weighted by molar-refractivity contribution is 9.10. The van der Waals surface area contributed by atoms with Gasteiger partial charge in [-0.05, 0) is 18.1 Å². The highest BCUT2D eigenvalue weighted by Crippen LogP contribution is 2.15. The first-order valence-electron chi connectivity index (χ1n) is 5.70. The predicted octanol–water partition coefficient (Wildman–Crippen LogP) is 2.88. The zero-order chi connectivity index (χ0) is 13.7. The van der Waals surface area contributed by atoms with E-state index in [1.54, 1.807) is 12.1 Å². The van der Waals surface area contributed by atoms with E-state index in [4.69, 9.17) is 4.74 Å². The number of halogens is 2. The summed E-state index contributed by atoms with van der Waals surface area (Å²) in [5.41, 5.74) is 0.521. The van der Waals surface area contributed by atoms with Crippen LogP contribution in [-0.4, -0.2) is 19.1 Å². The van der Waals surface area contributed by atoms with Crippen LogP contribution in [0.15, 0.2) is 22.7 Å². The Morgan fingerprint density at radius 2 is 2.17 bits per heavy atom. The van der Waals surface area contributed by atoms with Gasteiger partial charge in [-0.1, -0.05) is 35.8 Å². The van der Waals surface area contributed by atoms with Crippen LogP contribution in [0.5, 0.6) is 0 Å². The SMILES string of the molecule is COC(=O)[C@H](NCc1ccc(Br)cc1F)C(C)C. The lowest BCUT2D eigenvalue weighted by Gasteiger charge is -2.20. The smallest absolute Gasteiger partial charge is 0.323 e. The Balaban J connectivity index is 2.70. The standard InChI is InChI=1S/C13H17BrFNO2/c1-8(2)12(13(17)18-3)16-7-9-4-5-10(14)6-11(9)15/h4-6,8,12,16H,7H2,1-3H3/t12-/m1/s1. The molecule has 1 rings (SSSR count). The van der Waals surface area contributed by atoms with Gasteiger partial charge in [-0.2, -0.15) is 0 Å². The summed E-state index contributed by atoms with van der Waals surface area (Å²) in [6, 6.07) is 4.42. The molecule has 0 heterocycles.